The second-order valence-electron chi connectivity index (χ2n) is 5.29. The topological polar surface area (TPSA) is 51.2 Å². The van der Waals surface area contributed by atoms with Gasteiger partial charge in [-0.1, -0.05) is 29.8 Å². The average Bonchev–Trinajstić information content (AvgIpc) is 2.93. The molecule has 1 N–H and O–H groups in total. The minimum absolute atomic E-state index is 0.0632. The Bertz CT molecular complexity index is 674. The Morgan fingerprint density at radius 1 is 1.38 bits per heavy atom. The summed E-state index contributed by atoms with van der Waals surface area (Å²) in [7, 11) is 1.69. The van der Waals surface area contributed by atoms with Crippen LogP contribution in [0.5, 0.6) is 0 Å². The van der Waals surface area contributed by atoms with Crippen molar-refractivity contribution in [3.8, 4) is 0 Å². The molecule has 1 amide bonds. The molecule has 0 saturated heterocycles. The molecule has 1 aliphatic carbocycles. The molecule has 5 heteroatoms. The van der Waals surface area contributed by atoms with E-state index in [2.05, 4.69) is 10.3 Å². The predicted molar refractivity (Wildman–Crippen MR) is 82.7 cm³/mol. The van der Waals surface area contributed by atoms with Crippen molar-refractivity contribution in [2.45, 2.75) is 31.4 Å². The highest BCUT2D eigenvalue weighted by Crippen LogP contribution is 2.24. The molecule has 3 rings (SSSR count). The van der Waals surface area contributed by atoms with Crippen LogP contribution in [0.25, 0.3) is 10.9 Å². The van der Waals surface area contributed by atoms with E-state index < -0.39 is 0 Å². The van der Waals surface area contributed by atoms with Gasteiger partial charge in [0.25, 0.3) is 5.91 Å². The summed E-state index contributed by atoms with van der Waals surface area (Å²) in [5.74, 6) is -0.121. The van der Waals surface area contributed by atoms with Gasteiger partial charge in [-0.15, -0.1) is 0 Å². The van der Waals surface area contributed by atoms with E-state index in [-0.39, 0.29) is 18.1 Å². The third-order valence-electron chi connectivity index (χ3n) is 4.00. The SMILES string of the molecule is COC1CCCC1NC(=O)c1cc(Cl)nc2ccccc12. The quantitative estimate of drug-likeness (QED) is 0.886. The second-order valence-corrected chi connectivity index (χ2v) is 5.68. The molecule has 21 heavy (non-hydrogen) atoms. The summed E-state index contributed by atoms with van der Waals surface area (Å²) < 4.78 is 5.42. The number of pyridine rings is 1. The van der Waals surface area contributed by atoms with E-state index in [0.717, 1.165) is 30.2 Å². The molecule has 1 aliphatic rings. The maximum absolute atomic E-state index is 12.6. The highest BCUT2D eigenvalue weighted by molar-refractivity contribution is 6.30. The molecular weight excluding hydrogens is 288 g/mol. The summed E-state index contributed by atoms with van der Waals surface area (Å²) in [4.78, 5) is 16.8. The summed E-state index contributed by atoms with van der Waals surface area (Å²) in [6, 6.07) is 9.19. The first-order valence-electron chi connectivity index (χ1n) is 7.08. The van der Waals surface area contributed by atoms with Crippen molar-refractivity contribution >= 4 is 28.4 Å². The molecular formula is C16H17ClN2O2. The first-order chi connectivity index (χ1) is 10.2. The van der Waals surface area contributed by atoms with E-state index in [4.69, 9.17) is 16.3 Å². The fourth-order valence-corrected chi connectivity index (χ4v) is 3.15. The summed E-state index contributed by atoms with van der Waals surface area (Å²) >= 11 is 6.02. The summed E-state index contributed by atoms with van der Waals surface area (Å²) in [6.07, 6.45) is 3.10. The molecule has 1 saturated carbocycles. The van der Waals surface area contributed by atoms with Gasteiger partial charge in [-0.2, -0.15) is 0 Å². The molecule has 1 fully saturated rings. The van der Waals surface area contributed by atoms with Crippen LogP contribution in [0.2, 0.25) is 5.15 Å². The molecule has 0 bridgehead atoms. The highest BCUT2D eigenvalue weighted by atomic mass is 35.5. The van der Waals surface area contributed by atoms with Gasteiger partial charge in [-0.3, -0.25) is 4.79 Å². The van der Waals surface area contributed by atoms with E-state index in [1.54, 1.807) is 13.2 Å². The highest BCUT2D eigenvalue weighted by Gasteiger charge is 2.29. The molecule has 4 nitrogen and oxygen atoms in total. The molecule has 2 atom stereocenters. The fraction of sp³-hybridized carbons (Fsp3) is 0.375. The molecule has 1 aromatic carbocycles. The van der Waals surface area contributed by atoms with Gasteiger partial charge in [0, 0.05) is 12.5 Å². The Hall–Kier alpha value is -1.65. The zero-order valence-corrected chi connectivity index (χ0v) is 12.6. The number of rotatable bonds is 3. The van der Waals surface area contributed by atoms with Gasteiger partial charge in [0.1, 0.15) is 5.15 Å². The number of halogens is 1. The lowest BCUT2D eigenvalue weighted by molar-refractivity contribution is 0.0723. The lowest BCUT2D eigenvalue weighted by atomic mass is 10.1. The number of carbonyl (C=O) groups is 1. The smallest absolute Gasteiger partial charge is 0.252 e. The number of nitrogens with one attached hydrogen (secondary N) is 1. The van der Waals surface area contributed by atoms with Crippen molar-refractivity contribution in [1.29, 1.82) is 0 Å². The Morgan fingerprint density at radius 2 is 2.19 bits per heavy atom. The first-order valence-corrected chi connectivity index (χ1v) is 7.46. The Labute approximate surface area is 128 Å². The lowest BCUT2D eigenvalue weighted by Crippen LogP contribution is -2.40. The Morgan fingerprint density at radius 3 is 3.00 bits per heavy atom. The molecule has 1 aromatic heterocycles. The minimum atomic E-state index is -0.121. The van der Waals surface area contributed by atoms with Crippen LogP contribution in [0.3, 0.4) is 0 Å². The zero-order chi connectivity index (χ0) is 14.8. The van der Waals surface area contributed by atoms with Crippen molar-refractivity contribution in [2.75, 3.05) is 7.11 Å². The van der Waals surface area contributed by atoms with Crippen LogP contribution < -0.4 is 5.32 Å². The van der Waals surface area contributed by atoms with Gasteiger partial charge in [0.05, 0.1) is 23.2 Å². The summed E-state index contributed by atoms with van der Waals surface area (Å²) in [5.41, 5.74) is 1.29. The molecule has 0 radical (unpaired) electrons. The number of carbonyl (C=O) groups excluding carboxylic acids is 1. The van der Waals surface area contributed by atoms with Crippen molar-refractivity contribution in [3.63, 3.8) is 0 Å². The Balaban J connectivity index is 1.91. The summed E-state index contributed by atoms with van der Waals surface area (Å²) in [5, 5.41) is 4.20. The van der Waals surface area contributed by atoms with Crippen LogP contribution in [0.1, 0.15) is 29.6 Å². The minimum Gasteiger partial charge on any atom is -0.379 e. The maximum Gasteiger partial charge on any atom is 0.252 e. The monoisotopic (exact) mass is 304 g/mol. The first kappa shape index (κ1) is 14.3. The van der Waals surface area contributed by atoms with Gasteiger partial charge in [0.2, 0.25) is 0 Å². The fourth-order valence-electron chi connectivity index (χ4n) is 2.95. The number of nitrogens with zero attached hydrogens (tertiary/aromatic N) is 1. The van der Waals surface area contributed by atoms with Gasteiger partial charge in [0.15, 0.2) is 0 Å². The van der Waals surface area contributed by atoms with E-state index in [9.17, 15) is 4.79 Å². The van der Waals surface area contributed by atoms with Crippen LogP contribution in [0.4, 0.5) is 0 Å². The van der Waals surface area contributed by atoms with E-state index in [1.165, 1.54) is 0 Å². The number of ether oxygens (including phenoxy) is 1. The van der Waals surface area contributed by atoms with E-state index in [0.29, 0.717) is 10.7 Å². The largest absolute Gasteiger partial charge is 0.379 e. The van der Waals surface area contributed by atoms with Gasteiger partial charge in [-0.25, -0.2) is 4.98 Å². The van der Waals surface area contributed by atoms with Gasteiger partial charge >= 0.3 is 0 Å². The molecule has 2 aromatic rings. The predicted octanol–water partition coefficient (Wildman–Crippen LogP) is 3.19. The number of hydrogen-bond donors (Lipinski definition) is 1. The van der Waals surface area contributed by atoms with Crippen molar-refractivity contribution < 1.29 is 9.53 Å². The molecule has 0 spiro atoms. The number of aromatic nitrogens is 1. The zero-order valence-electron chi connectivity index (χ0n) is 11.8. The van der Waals surface area contributed by atoms with Crippen molar-refractivity contribution in [3.05, 3.63) is 41.0 Å². The number of hydrogen-bond acceptors (Lipinski definition) is 3. The molecule has 1 heterocycles. The second kappa shape index (κ2) is 6.00. The standard InChI is InChI=1S/C16H17ClN2O2/c1-21-14-8-4-7-13(14)19-16(20)11-9-15(17)18-12-6-3-2-5-10(11)12/h2-3,5-6,9,13-14H,4,7-8H2,1H3,(H,19,20). The Kier molecular flexibility index (Phi) is 4.08. The van der Waals surface area contributed by atoms with Crippen LogP contribution in [-0.4, -0.2) is 30.1 Å². The summed E-state index contributed by atoms with van der Waals surface area (Å²) in [6.45, 7) is 0. The van der Waals surface area contributed by atoms with E-state index in [1.807, 2.05) is 24.3 Å². The van der Waals surface area contributed by atoms with Crippen LogP contribution in [-0.2, 0) is 4.74 Å². The number of fused-ring (bicyclic) bond motifs is 1. The number of amides is 1. The number of benzene rings is 1. The molecule has 0 aliphatic heterocycles. The van der Waals surface area contributed by atoms with Crippen LogP contribution >= 0.6 is 11.6 Å². The number of para-hydroxylation sites is 1. The van der Waals surface area contributed by atoms with Crippen LogP contribution in [0.15, 0.2) is 30.3 Å². The maximum atomic E-state index is 12.6. The number of methoxy groups -OCH3 is 1. The molecule has 110 valence electrons. The van der Waals surface area contributed by atoms with E-state index >= 15 is 0 Å². The van der Waals surface area contributed by atoms with Gasteiger partial charge < -0.3 is 10.1 Å². The average molecular weight is 305 g/mol. The lowest BCUT2D eigenvalue weighted by Gasteiger charge is -2.20. The van der Waals surface area contributed by atoms with Crippen molar-refractivity contribution in [2.24, 2.45) is 0 Å². The van der Waals surface area contributed by atoms with Crippen LogP contribution in [0, 0.1) is 0 Å². The molecule has 2 unspecified atom stereocenters. The van der Waals surface area contributed by atoms with Crippen molar-refractivity contribution in [1.82, 2.24) is 10.3 Å². The third-order valence-corrected chi connectivity index (χ3v) is 4.19. The van der Waals surface area contributed by atoms with Gasteiger partial charge in [-0.05, 0) is 31.4 Å². The normalized spacial score (nSPS) is 21.6. The third kappa shape index (κ3) is 2.87.